The van der Waals surface area contributed by atoms with Gasteiger partial charge in [0, 0.05) is 29.4 Å². The van der Waals surface area contributed by atoms with Crippen molar-refractivity contribution in [1.82, 2.24) is 10.2 Å². The van der Waals surface area contributed by atoms with Crippen molar-refractivity contribution >= 4 is 22.7 Å². The number of aryl methyl sites for hydroxylation is 1. The summed E-state index contributed by atoms with van der Waals surface area (Å²) in [7, 11) is 0. The molecular formula is C16H13N3O3. The third-order valence-electron chi connectivity index (χ3n) is 4.08. The molecule has 3 aromatic rings. The van der Waals surface area contributed by atoms with E-state index in [0.29, 0.717) is 17.8 Å². The molecule has 22 heavy (non-hydrogen) atoms. The van der Waals surface area contributed by atoms with Crippen LogP contribution in [-0.2, 0) is 4.79 Å². The summed E-state index contributed by atoms with van der Waals surface area (Å²) in [4.78, 5) is 23.4. The number of anilines is 1. The molecule has 0 fully saturated rings. The molecule has 3 heterocycles. The van der Waals surface area contributed by atoms with Gasteiger partial charge in [0.2, 0.25) is 5.91 Å². The van der Waals surface area contributed by atoms with Crippen LogP contribution in [0, 0.1) is 6.92 Å². The second-order valence-electron chi connectivity index (χ2n) is 5.51. The molecule has 1 atom stereocenters. The Morgan fingerprint density at radius 3 is 3.00 bits per heavy atom. The Hall–Kier alpha value is -2.89. The highest BCUT2D eigenvalue weighted by Crippen LogP contribution is 2.36. The molecule has 1 aliphatic heterocycles. The normalized spacial score (nSPS) is 17.3. The number of H-pyrrole nitrogens is 1. The van der Waals surface area contributed by atoms with Crippen LogP contribution < -0.4 is 10.9 Å². The van der Waals surface area contributed by atoms with Gasteiger partial charge in [0.15, 0.2) is 0 Å². The van der Waals surface area contributed by atoms with E-state index in [-0.39, 0.29) is 17.5 Å². The molecule has 0 spiro atoms. The van der Waals surface area contributed by atoms with Crippen molar-refractivity contribution in [3.63, 3.8) is 0 Å². The summed E-state index contributed by atoms with van der Waals surface area (Å²) in [5, 5.41) is 10.4. The van der Waals surface area contributed by atoms with Gasteiger partial charge in [0.1, 0.15) is 11.4 Å². The lowest BCUT2D eigenvalue weighted by molar-refractivity contribution is -0.116. The van der Waals surface area contributed by atoms with Crippen LogP contribution in [0.4, 0.5) is 5.82 Å². The molecule has 1 aliphatic rings. The van der Waals surface area contributed by atoms with E-state index < -0.39 is 0 Å². The highest BCUT2D eigenvalue weighted by molar-refractivity contribution is 5.94. The Kier molecular flexibility index (Phi) is 2.66. The number of carbonyl (C=O) groups is 1. The van der Waals surface area contributed by atoms with E-state index in [1.807, 2.05) is 25.1 Å². The van der Waals surface area contributed by atoms with E-state index in [2.05, 4.69) is 15.5 Å². The summed E-state index contributed by atoms with van der Waals surface area (Å²) in [6.45, 7) is 1.88. The molecule has 1 aromatic carbocycles. The molecule has 0 unspecified atom stereocenters. The zero-order valence-electron chi connectivity index (χ0n) is 11.8. The molecule has 0 radical (unpaired) electrons. The van der Waals surface area contributed by atoms with Gasteiger partial charge in [-0.05, 0) is 24.1 Å². The fraction of sp³-hybridized carbons (Fsp3) is 0.188. The predicted octanol–water partition coefficient (Wildman–Crippen LogP) is 2.30. The monoisotopic (exact) mass is 295 g/mol. The lowest BCUT2D eigenvalue weighted by atomic mass is 9.87. The average Bonchev–Trinajstić information content (AvgIpc) is 2.93. The molecule has 6 nitrogen and oxygen atoms in total. The van der Waals surface area contributed by atoms with Gasteiger partial charge >= 0.3 is 5.63 Å². The van der Waals surface area contributed by atoms with Crippen molar-refractivity contribution in [3.8, 4) is 0 Å². The molecule has 0 saturated heterocycles. The van der Waals surface area contributed by atoms with Gasteiger partial charge in [0.25, 0.3) is 0 Å². The fourth-order valence-electron chi connectivity index (χ4n) is 3.00. The van der Waals surface area contributed by atoms with Crippen LogP contribution in [0.5, 0.6) is 0 Å². The summed E-state index contributed by atoms with van der Waals surface area (Å²) < 4.78 is 5.29. The Balaban J connectivity index is 1.89. The molecule has 4 rings (SSSR count). The Bertz CT molecular complexity index is 955. The van der Waals surface area contributed by atoms with Gasteiger partial charge < -0.3 is 9.73 Å². The third kappa shape index (κ3) is 1.92. The number of amides is 1. The summed E-state index contributed by atoms with van der Waals surface area (Å²) in [5.74, 6) is 0.470. The van der Waals surface area contributed by atoms with Gasteiger partial charge in [-0.2, -0.15) is 5.10 Å². The maximum atomic E-state index is 11.8. The number of nitrogens with one attached hydrogen (secondary N) is 2. The van der Waals surface area contributed by atoms with Crippen LogP contribution in [0.3, 0.4) is 0 Å². The third-order valence-corrected chi connectivity index (χ3v) is 4.08. The van der Waals surface area contributed by atoms with Crippen molar-refractivity contribution < 1.29 is 9.21 Å². The zero-order valence-corrected chi connectivity index (χ0v) is 11.8. The highest BCUT2D eigenvalue weighted by atomic mass is 16.4. The van der Waals surface area contributed by atoms with E-state index in [0.717, 1.165) is 22.1 Å². The smallest absolute Gasteiger partial charge is 0.336 e. The number of carbonyl (C=O) groups excluding carboxylic acids is 1. The van der Waals surface area contributed by atoms with Crippen LogP contribution >= 0.6 is 0 Å². The molecule has 6 heteroatoms. The maximum Gasteiger partial charge on any atom is 0.336 e. The minimum Gasteiger partial charge on any atom is -0.423 e. The minimum atomic E-state index is -0.368. The van der Waals surface area contributed by atoms with Crippen LogP contribution in [0.1, 0.15) is 29.0 Å². The highest BCUT2D eigenvalue weighted by Gasteiger charge is 2.28. The Morgan fingerprint density at radius 2 is 2.14 bits per heavy atom. The Labute approximate surface area is 125 Å². The molecular weight excluding hydrogens is 282 g/mol. The number of nitrogens with zero attached hydrogens (tertiary/aromatic N) is 1. The summed E-state index contributed by atoms with van der Waals surface area (Å²) in [6.07, 6.45) is 2.06. The van der Waals surface area contributed by atoms with Crippen molar-refractivity contribution in [2.75, 3.05) is 5.32 Å². The van der Waals surface area contributed by atoms with Gasteiger partial charge in [-0.15, -0.1) is 0 Å². The second kappa shape index (κ2) is 4.56. The summed E-state index contributed by atoms with van der Waals surface area (Å²) in [6, 6.07) is 7.21. The molecule has 1 amide bonds. The lowest BCUT2D eigenvalue weighted by Gasteiger charge is -2.22. The lowest BCUT2D eigenvalue weighted by Crippen LogP contribution is -2.22. The number of aromatic amines is 1. The molecule has 2 N–H and O–H groups in total. The summed E-state index contributed by atoms with van der Waals surface area (Å²) in [5.41, 5.74) is 2.92. The van der Waals surface area contributed by atoms with Gasteiger partial charge in [-0.25, -0.2) is 4.79 Å². The minimum absolute atomic E-state index is 0.0625. The number of benzene rings is 1. The Morgan fingerprint density at radius 1 is 1.27 bits per heavy atom. The predicted molar refractivity (Wildman–Crippen MR) is 80.9 cm³/mol. The van der Waals surface area contributed by atoms with E-state index in [1.54, 1.807) is 6.20 Å². The van der Waals surface area contributed by atoms with Crippen LogP contribution in [0.2, 0.25) is 0 Å². The van der Waals surface area contributed by atoms with Gasteiger partial charge in [-0.1, -0.05) is 12.1 Å². The van der Waals surface area contributed by atoms with E-state index in [4.69, 9.17) is 4.42 Å². The van der Waals surface area contributed by atoms with Crippen LogP contribution in [0.15, 0.2) is 39.7 Å². The number of hydrogen-bond acceptors (Lipinski definition) is 4. The molecule has 0 bridgehead atoms. The van der Waals surface area contributed by atoms with Crippen molar-refractivity contribution in [1.29, 1.82) is 0 Å². The standard InChI is InChI=1S/C16H13N3O3/c1-8-4-15(21)22-13-5-9(2-3-10(8)13)11-6-14(20)18-16-12(11)7-17-19-16/h2-5,7,11H,6H2,1H3,(H2,17,18,19,20)/t11-/m1/s1. The average molecular weight is 295 g/mol. The van der Waals surface area contributed by atoms with Crippen molar-refractivity contribution in [2.24, 2.45) is 0 Å². The fourth-order valence-corrected chi connectivity index (χ4v) is 3.00. The van der Waals surface area contributed by atoms with Crippen LogP contribution in [0.25, 0.3) is 11.0 Å². The molecule has 110 valence electrons. The SMILES string of the molecule is Cc1cc(=O)oc2cc([C@H]3CC(=O)Nc4[nH]ncc43)ccc12. The first-order valence-corrected chi connectivity index (χ1v) is 6.99. The zero-order chi connectivity index (χ0) is 15.3. The molecule has 0 saturated carbocycles. The quantitative estimate of drug-likeness (QED) is 0.674. The maximum absolute atomic E-state index is 11.8. The van der Waals surface area contributed by atoms with E-state index >= 15 is 0 Å². The molecule has 2 aromatic heterocycles. The van der Waals surface area contributed by atoms with Gasteiger partial charge in [0.05, 0.1) is 6.20 Å². The topological polar surface area (TPSA) is 88.0 Å². The molecule has 0 aliphatic carbocycles. The first kappa shape index (κ1) is 12.8. The number of hydrogen-bond donors (Lipinski definition) is 2. The first-order chi connectivity index (χ1) is 10.6. The number of fused-ring (bicyclic) bond motifs is 2. The summed E-state index contributed by atoms with van der Waals surface area (Å²) >= 11 is 0. The van der Waals surface area contributed by atoms with Crippen molar-refractivity contribution in [2.45, 2.75) is 19.3 Å². The van der Waals surface area contributed by atoms with Crippen molar-refractivity contribution in [3.05, 3.63) is 57.6 Å². The van der Waals surface area contributed by atoms with Crippen LogP contribution in [-0.4, -0.2) is 16.1 Å². The van der Waals surface area contributed by atoms with E-state index in [9.17, 15) is 9.59 Å². The van der Waals surface area contributed by atoms with Gasteiger partial charge in [-0.3, -0.25) is 9.89 Å². The van der Waals surface area contributed by atoms with E-state index in [1.165, 1.54) is 6.07 Å². The first-order valence-electron chi connectivity index (χ1n) is 6.99. The number of rotatable bonds is 1. The second-order valence-corrected chi connectivity index (χ2v) is 5.51. The largest absolute Gasteiger partial charge is 0.423 e. The number of aromatic nitrogens is 2.